The maximum Gasteiger partial charge on any atom is 0.150 e. The Morgan fingerprint density at radius 1 is 1.00 bits per heavy atom. The second kappa shape index (κ2) is 4.48. The van der Waals surface area contributed by atoms with E-state index in [1.807, 2.05) is 0 Å². The van der Waals surface area contributed by atoms with Crippen molar-refractivity contribution >= 4 is 0 Å². The fourth-order valence-electron chi connectivity index (χ4n) is 2.36. The van der Waals surface area contributed by atoms with Gasteiger partial charge in [-0.3, -0.25) is 0 Å². The Balaban J connectivity index is 1.95. The Kier molecular flexibility index (Phi) is 2.80. The molecule has 1 unspecified atom stereocenters. The summed E-state index contributed by atoms with van der Waals surface area (Å²) >= 11 is 0. The van der Waals surface area contributed by atoms with Crippen LogP contribution in [0.1, 0.15) is 17.2 Å². The third-order valence-electron chi connectivity index (χ3n) is 3.35. The molecule has 1 aliphatic heterocycles. The first kappa shape index (κ1) is 11.9. The van der Waals surface area contributed by atoms with Gasteiger partial charge in [-0.1, -0.05) is 18.2 Å². The van der Waals surface area contributed by atoms with Crippen LogP contribution in [0.25, 0.3) is 0 Å². The van der Waals surface area contributed by atoms with Crippen LogP contribution in [0.15, 0.2) is 42.5 Å². The molecule has 1 heterocycles. The Bertz CT molecular complexity index is 592. The fraction of sp³-hybridized carbons (Fsp3) is 0.200. The van der Waals surface area contributed by atoms with Gasteiger partial charge in [0, 0.05) is 12.0 Å². The molecule has 98 valence electrons. The SMILES string of the molecule is Oc1ccc(C2Oc3cccc(O)c3C[C@H]2O)cc1. The van der Waals surface area contributed by atoms with Crippen molar-refractivity contribution in [2.24, 2.45) is 0 Å². The minimum absolute atomic E-state index is 0.140. The molecule has 0 spiro atoms. The number of hydrogen-bond donors (Lipinski definition) is 3. The molecule has 19 heavy (non-hydrogen) atoms. The Labute approximate surface area is 110 Å². The summed E-state index contributed by atoms with van der Waals surface area (Å²) in [5.74, 6) is 0.899. The van der Waals surface area contributed by atoms with E-state index in [1.54, 1.807) is 42.5 Å². The molecular weight excluding hydrogens is 244 g/mol. The zero-order chi connectivity index (χ0) is 13.4. The smallest absolute Gasteiger partial charge is 0.150 e. The largest absolute Gasteiger partial charge is 0.508 e. The molecule has 0 aliphatic carbocycles. The molecular formula is C15H14O4. The van der Waals surface area contributed by atoms with Gasteiger partial charge in [-0.25, -0.2) is 0 Å². The van der Waals surface area contributed by atoms with Crippen molar-refractivity contribution < 1.29 is 20.1 Å². The molecule has 3 rings (SSSR count). The van der Waals surface area contributed by atoms with Crippen LogP contribution in [0.3, 0.4) is 0 Å². The number of benzene rings is 2. The lowest BCUT2D eigenvalue weighted by Gasteiger charge is -2.31. The van der Waals surface area contributed by atoms with E-state index >= 15 is 0 Å². The van der Waals surface area contributed by atoms with Crippen LogP contribution >= 0.6 is 0 Å². The van der Waals surface area contributed by atoms with E-state index in [0.29, 0.717) is 17.7 Å². The summed E-state index contributed by atoms with van der Waals surface area (Å²) in [5.41, 5.74) is 1.42. The molecule has 0 aromatic heterocycles. The molecule has 2 aromatic rings. The van der Waals surface area contributed by atoms with Crippen LogP contribution in [-0.4, -0.2) is 21.4 Å². The second-order valence-corrected chi connectivity index (χ2v) is 4.66. The van der Waals surface area contributed by atoms with E-state index in [2.05, 4.69) is 0 Å². The summed E-state index contributed by atoms with van der Waals surface area (Å²) in [4.78, 5) is 0. The fourth-order valence-corrected chi connectivity index (χ4v) is 2.36. The normalized spacial score (nSPS) is 21.5. The molecule has 3 N–H and O–H groups in total. The maximum atomic E-state index is 10.2. The minimum Gasteiger partial charge on any atom is -0.508 e. The van der Waals surface area contributed by atoms with E-state index in [9.17, 15) is 15.3 Å². The number of phenols is 2. The molecule has 0 saturated heterocycles. The Morgan fingerprint density at radius 2 is 1.74 bits per heavy atom. The maximum absolute atomic E-state index is 10.2. The molecule has 0 fully saturated rings. The van der Waals surface area contributed by atoms with Crippen LogP contribution in [-0.2, 0) is 6.42 Å². The summed E-state index contributed by atoms with van der Waals surface area (Å²) < 4.78 is 5.76. The number of phenolic OH excluding ortho intramolecular Hbond substituents is 2. The molecule has 2 aromatic carbocycles. The summed E-state index contributed by atoms with van der Waals surface area (Å²) in [5, 5.41) is 29.2. The van der Waals surface area contributed by atoms with Gasteiger partial charge in [0.2, 0.25) is 0 Å². The van der Waals surface area contributed by atoms with Crippen molar-refractivity contribution in [1.29, 1.82) is 0 Å². The highest BCUT2D eigenvalue weighted by molar-refractivity contribution is 5.46. The van der Waals surface area contributed by atoms with Crippen molar-refractivity contribution in [2.75, 3.05) is 0 Å². The van der Waals surface area contributed by atoms with E-state index < -0.39 is 12.2 Å². The number of ether oxygens (including phenoxy) is 1. The van der Waals surface area contributed by atoms with Crippen LogP contribution < -0.4 is 4.74 Å². The first-order chi connectivity index (χ1) is 9.15. The quantitative estimate of drug-likeness (QED) is 0.733. The van der Waals surface area contributed by atoms with E-state index in [1.165, 1.54) is 0 Å². The van der Waals surface area contributed by atoms with E-state index in [-0.39, 0.29) is 11.5 Å². The minimum atomic E-state index is -0.731. The molecule has 0 saturated carbocycles. The zero-order valence-electron chi connectivity index (χ0n) is 10.2. The number of fused-ring (bicyclic) bond motifs is 1. The van der Waals surface area contributed by atoms with Gasteiger partial charge in [-0.2, -0.15) is 0 Å². The molecule has 0 bridgehead atoms. The first-order valence-electron chi connectivity index (χ1n) is 6.09. The summed E-state index contributed by atoms with van der Waals surface area (Å²) in [6.45, 7) is 0. The van der Waals surface area contributed by atoms with Crippen molar-refractivity contribution in [3.63, 3.8) is 0 Å². The average molecular weight is 258 g/mol. The molecule has 4 nitrogen and oxygen atoms in total. The Hall–Kier alpha value is -2.20. The van der Waals surface area contributed by atoms with Gasteiger partial charge in [0.15, 0.2) is 0 Å². The molecule has 1 aliphatic rings. The second-order valence-electron chi connectivity index (χ2n) is 4.66. The molecule has 2 atom stereocenters. The van der Waals surface area contributed by atoms with Gasteiger partial charge in [0.05, 0.1) is 6.10 Å². The van der Waals surface area contributed by atoms with Crippen LogP contribution in [0, 0.1) is 0 Å². The highest BCUT2D eigenvalue weighted by Crippen LogP contribution is 2.39. The topological polar surface area (TPSA) is 69.9 Å². The third-order valence-corrected chi connectivity index (χ3v) is 3.35. The molecule has 0 amide bonds. The highest BCUT2D eigenvalue weighted by Gasteiger charge is 2.31. The number of rotatable bonds is 1. The van der Waals surface area contributed by atoms with Crippen molar-refractivity contribution in [3.8, 4) is 17.2 Å². The van der Waals surface area contributed by atoms with E-state index in [4.69, 9.17) is 4.74 Å². The van der Waals surface area contributed by atoms with Crippen molar-refractivity contribution in [1.82, 2.24) is 0 Å². The number of hydrogen-bond acceptors (Lipinski definition) is 4. The van der Waals surface area contributed by atoms with Crippen LogP contribution in [0.4, 0.5) is 0 Å². The lowest BCUT2D eigenvalue weighted by atomic mass is 9.94. The standard InChI is InChI=1S/C15H14O4/c16-10-6-4-9(5-7-10)15-13(18)8-11-12(17)2-1-3-14(11)19-15/h1-7,13,15-18H,8H2/t13-,15?/m1/s1. The van der Waals surface area contributed by atoms with Gasteiger partial charge in [-0.05, 0) is 29.8 Å². The van der Waals surface area contributed by atoms with Crippen LogP contribution in [0.5, 0.6) is 17.2 Å². The Morgan fingerprint density at radius 3 is 2.47 bits per heavy atom. The van der Waals surface area contributed by atoms with Crippen molar-refractivity contribution in [3.05, 3.63) is 53.6 Å². The van der Waals surface area contributed by atoms with Crippen LogP contribution in [0.2, 0.25) is 0 Å². The lowest BCUT2D eigenvalue weighted by Crippen LogP contribution is -2.30. The number of aromatic hydroxyl groups is 2. The number of aliphatic hydroxyl groups excluding tert-OH is 1. The van der Waals surface area contributed by atoms with Gasteiger partial charge in [0.25, 0.3) is 0 Å². The monoisotopic (exact) mass is 258 g/mol. The summed E-state index contributed by atoms with van der Waals surface area (Å²) in [7, 11) is 0. The zero-order valence-corrected chi connectivity index (χ0v) is 10.2. The van der Waals surface area contributed by atoms with E-state index in [0.717, 1.165) is 5.56 Å². The van der Waals surface area contributed by atoms with Gasteiger partial charge >= 0.3 is 0 Å². The van der Waals surface area contributed by atoms with Gasteiger partial charge in [-0.15, -0.1) is 0 Å². The predicted octanol–water partition coefficient (Wildman–Crippen LogP) is 2.13. The average Bonchev–Trinajstić information content (AvgIpc) is 2.40. The lowest BCUT2D eigenvalue weighted by molar-refractivity contribution is 0.0200. The van der Waals surface area contributed by atoms with Crippen molar-refractivity contribution in [2.45, 2.75) is 18.6 Å². The summed E-state index contributed by atoms with van der Waals surface area (Å²) in [6.07, 6.45) is -0.881. The predicted molar refractivity (Wildman–Crippen MR) is 69.3 cm³/mol. The van der Waals surface area contributed by atoms with Gasteiger partial charge in [0.1, 0.15) is 23.4 Å². The molecule has 4 heteroatoms. The first-order valence-corrected chi connectivity index (χ1v) is 6.09. The van der Waals surface area contributed by atoms with Gasteiger partial charge < -0.3 is 20.1 Å². The molecule has 0 radical (unpaired) electrons. The number of aliphatic hydroxyl groups is 1. The summed E-state index contributed by atoms with van der Waals surface area (Å²) in [6, 6.07) is 11.6. The highest BCUT2D eigenvalue weighted by atomic mass is 16.5. The third kappa shape index (κ3) is 2.11.